The molecule has 0 bridgehead atoms. The lowest BCUT2D eigenvalue weighted by molar-refractivity contribution is -0.121. The highest BCUT2D eigenvalue weighted by Gasteiger charge is 2.15. The Bertz CT molecular complexity index is 411. The Morgan fingerprint density at radius 3 is 3.00 bits per heavy atom. The van der Waals surface area contributed by atoms with Crippen LogP contribution in [0.15, 0.2) is 24.3 Å². The minimum atomic E-state index is 0.155. The third kappa shape index (κ3) is 4.67. The largest absolute Gasteiger partial charge is 0.381 e. The molecule has 1 aromatic rings. The Kier molecular flexibility index (Phi) is 5.40. The van der Waals surface area contributed by atoms with Crippen LogP contribution in [0.25, 0.3) is 0 Å². The number of hydrogen-bond donors (Lipinski definition) is 1. The second kappa shape index (κ2) is 7.29. The van der Waals surface area contributed by atoms with Crippen LogP contribution >= 0.6 is 0 Å². The molecule has 0 spiro atoms. The van der Waals surface area contributed by atoms with E-state index in [9.17, 15) is 4.79 Å². The average Bonchev–Trinajstić information content (AvgIpc) is 2.91. The van der Waals surface area contributed by atoms with E-state index in [2.05, 4.69) is 24.4 Å². The Morgan fingerprint density at radius 2 is 2.26 bits per heavy atom. The van der Waals surface area contributed by atoms with Gasteiger partial charge in [0, 0.05) is 26.2 Å². The summed E-state index contributed by atoms with van der Waals surface area (Å²) in [5, 5.41) is 3.00. The number of rotatable bonds is 6. The van der Waals surface area contributed by atoms with Crippen molar-refractivity contribution in [2.75, 3.05) is 19.8 Å². The van der Waals surface area contributed by atoms with E-state index < -0.39 is 0 Å². The quantitative estimate of drug-likeness (QED) is 0.854. The van der Waals surface area contributed by atoms with Crippen molar-refractivity contribution in [1.82, 2.24) is 5.32 Å². The Morgan fingerprint density at radius 1 is 1.42 bits per heavy atom. The van der Waals surface area contributed by atoms with Gasteiger partial charge in [-0.1, -0.05) is 24.3 Å². The highest BCUT2D eigenvalue weighted by Crippen LogP contribution is 2.15. The van der Waals surface area contributed by atoms with E-state index in [1.807, 2.05) is 12.1 Å². The minimum absolute atomic E-state index is 0.155. The number of benzene rings is 1. The van der Waals surface area contributed by atoms with Crippen LogP contribution in [0.2, 0.25) is 0 Å². The van der Waals surface area contributed by atoms with E-state index in [-0.39, 0.29) is 5.91 Å². The fourth-order valence-electron chi connectivity index (χ4n) is 2.45. The zero-order valence-corrected chi connectivity index (χ0v) is 11.7. The lowest BCUT2D eigenvalue weighted by Gasteiger charge is -2.09. The standard InChI is InChI=1S/C16H23NO2/c1-13-4-2-3-5-15(13)6-7-16(18)17-10-8-14-9-11-19-12-14/h2-5,14H,6-12H2,1H3,(H,17,18). The zero-order chi connectivity index (χ0) is 13.5. The molecule has 1 unspecified atom stereocenters. The summed E-state index contributed by atoms with van der Waals surface area (Å²) in [6.45, 7) is 4.61. The molecule has 1 N–H and O–H groups in total. The number of carbonyl (C=O) groups is 1. The average molecular weight is 261 g/mol. The summed E-state index contributed by atoms with van der Waals surface area (Å²) < 4.78 is 5.32. The highest BCUT2D eigenvalue weighted by molar-refractivity contribution is 5.76. The van der Waals surface area contributed by atoms with Crippen molar-refractivity contribution >= 4 is 5.91 Å². The topological polar surface area (TPSA) is 38.3 Å². The number of amides is 1. The van der Waals surface area contributed by atoms with Crippen LogP contribution in [0, 0.1) is 12.8 Å². The van der Waals surface area contributed by atoms with Gasteiger partial charge in [0.05, 0.1) is 0 Å². The summed E-state index contributed by atoms with van der Waals surface area (Å²) in [4.78, 5) is 11.8. The molecular formula is C16H23NO2. The maximum Gasteiger partial charge on any atom is 0.220 e. The number of hydrogen-bond acceptors (Lipinski definition) is 2. The molecule has 3 heteroatoms. The summed E-state index contributed by atoms with van der Waals surface area (Å²) in [6, 6.07) is 8.24. The van der Waals surface area contributed by atoms with Gasteiger partial charge in [0.15, 0.2) is 0 Å². The van der Waals surface area contributed by atoms with Crippen LogP contribution in [0.4, 0.5) is 0 Å². The number of nitrogens with one attached hydrogen (secondary N) is 1. The van der Waals surface area contributed by atoms with Crippen molar-refractivity contribution in [2.24, 2.45) is 5.92 Å². The summed E-state index contributed by atoms with van der Waals surface area (Å²) >= 11 is 0. The maximum absolute atomic E-state index is 11.8. The van der Waals surface area contributed by atoms with Gasteiger partial charge in [-0.2, -0.15) is 0 Å². The fourth-order valence-corrected chi connectivity index (χ4v) is 2.45. The smallest absolute Gasteiger partial charge is 0.220 e. The molecule has 1 saturated heterocycles. The molecule has 2 rings (SSSR count). The normalized spacial score (nSPS) is 18.5. The van der Waals surface area contributed by atoms with E-state index in [1.54, 1.807) is 0 Å². The van der Waals surface area contributed by atoms with Gasteiger partial charge >= 0.3 is 0 Å². The van der Waals surface area contributed by atoms with E-state index in [0.717, 1.165) is 39.0 Å². The molecule has 1 aliphatic heterocycles. The van der Waals surface area contributed by atoms with Crippen LogP contribution in [0.5, 0.6) is 0 Å². The molecule has 0 aliphatic carbocycles. The van der Waals surface area contributed by atoms with Gasteiger partial charge in [0.1, 0.15) is 0 Å². The number of carbonyl (C=O) groups excluding carboxylic acids is 1. The third-order valence-electron chi connectivity index (χ3n) is 3.78. The van der Waals surface area contributed by atoms with Crippen molar-refractivity contribution in [1.29, 1.82) is 0 Å². The van der Waals surface area contributed by atoms with Crippen LogP contribution in [0.1, 0.15) is 30.4 Å². The molecule has 1 amide bonds. The van der Waals surface area contributed by atoms with Crippen molar-refractivity contribution < 1.29 is 9.53 Å². The zero-order valence-electron chi connectivity index (χ0n) is 11.7. The minimum Gasteiger partial charge on any atom is -0.381 e. The summed E-state index contributed by atoms with van der Waals surface area (Å²) in [7, 11) is 0. The van der Waals surface area contributed by atoms with E-state index >= 15 is 0 Å². The first-order valence-electron chi connectivity index (χ1n) is 7.14. The summed E-state index contributed by atoms with van der Waals surface area (Å²) in [6.07, 6.45) is 3.58. The Balaban J connectivity index is 1.63. The predicted molar refractivity (Wildman–Crippen MR) is 76.1 cm³/mol. The number of ether oxygens (including phenoxy) is 1. The van der Waals surface area contributed by atoms with Crippen molar-refractivity contribution in [3.05, 3.63) is 35.4 Å². The lowest BCUT2D eigenvalue weighted by Crippen LogP contribution is -2.26. The maximum atomic E-state index is 11.8. The van der Waals surface area contributed by atoms with Gasteiger partial charge in [-0.15, -0.1) is 0 Å². The van der Waals surface area contributed by atoms with E-state index in [4.69, 9.17) is 4.74 Å². The molecule has 1 aromatic carbocycles. The Labute approximate surface area is 115 Å². The second-order valence-electron chi connectivity index (χ2n) is 5.29. The van der Waals surface area contributed by atoms with Gasteiger partial charge in [0.25, 0.3) is 0 Å². The second-order valence-corrected chi connectivity index (χ2v) is 5.29. The fraction of sp³-hybridized carbons (Fsp3) is 0.562. The molecule has 1 atom stereocenters. The lowest BCUT2D eigenvalue weighted by atomic mass is 10.0. The SMILES string of the molecule is Cc1ccccc1CCC(=O)NCCC1CCOC1. The summed E-state index contributed by atoms with van der Waals surface area (Å²) in [5.41, 5.74) is 2.53. The Hall–Kier alpha value is -1.35. The third-order valence-corrected chi connectivity index (χ3v) is 3.78. The molecule has 0 aromatic heterocycles. The van der Waals surface area contributed by atoms with Crippen LogP contribution in [-0.4, -0.2) is 25.7 Å². The molecule has 1 fully saturated rings. The van der Waals surface area contributed by atoms with Gasteiger partial charge in [-0.25, -0.2) is 0 Å². The molecule has 0 saturated carbocycles. The van der Waals surface area contributed by atoms with Crippen LogP contribution < -0.4 is 5.32 Å². The van der Waals surface area contributed by atoms with Gasteiger partial charge in [-0.3, -0.25) is 4.79 Å². The van der Waals surface area contributed by atoms with Crippen LogP contribution in [0.3, 0.4) is 0 Å². The van der Waals surface area contributed by atoms with Gasteiger partial charge in [-0.05, 0) is 43.2 Å². The highest BCUT2D eigenvalue weighted by atomic mass is 16.5. The van der Waals surface area contributed by atoms with E-state index in [1.165, 1.54) is 11.1 Å². The van der Waals surface area contributed by atoms with Gasteiger partial charge < -0.3 is 10.1 Å². The predicted octanol–water partition coefficient (Wildman–Crippen LogP) is 2.47. The molecule has 104 valence electrons. The molecule has 0 radical (unpaired) electrons. The molecular weight excluding hydrogens is 238 g/mol. The summed E-state index contributed by atoms with van der Waals surface area (Å²) in [5.74, 6) is 0.791. The van der Waals surface area contributed by atoms with Crippen molar-refractivity contribution in [2.45, 2.75) is 32.6 Å². The first-order valence-corrected chi connectivity index (χ1v) is 7.14. The van der Waals surface area contributed by atoms with Crippen LogP contribution in [-0.2, 0) is 16.0 Å². The molecule has 3 nitrogen and oxygen atoms in total. The van der Waals surface area contributed by atoms with Gasteiger partial charge in [0.2, 0.25) is 5.91 Å². The first-order chi connectivity index (χ1) is 9.25. The van der Waals surface area contributed by atoms with Crippen molar-refractivity contribution in [3.63, 3.8) is 0 Å². The monoisotopic (exact) mass is 261 g/mol. The molecule has 19 heavy (non-hydrogen) atoms. The first kappa shape index (κ1) is 14.1. The molecule has 1 heterocycles. The van der Waals surface area contributed by atoms with Crippen molar-refractivity contribution in [3.8, 4) is 0 Å². The number of aryl methyl sites for hydroxylation is 2. The molecule has 1 aliphatic rings. The van der Waals surface area contributed by atoms with E-state index in [0.29, 0.717) is 12.3 Å².